The molecule has 1 amide bonds. The first-order valence-corrected chi connectivity index (χ1v) is 6.04. The average molecular weight is 267 g/mol. The molecule has 4 nitrogen and oxygen atoms in total. The minimum atomic E-state index is -4.12. The molecule has 0 radical (unpaired) electrons. The molecular formula is C11H20F3N3O. The summed E-state index contributed by atoms with van der Waals surface area (Å²) >= 11 is 0. The number of carbonyl (C=O) groups is 1. The van der Waals surface area contributed by atoms with Gasteiger partial charge < -0.3 is 10.2 Å². The lowest BCUT2D eigenvalue weighted by molar-refractivity contribution is -0.138. The lowest BCUT2D eigenvalue weighted by Crippen LogP contribution is -2.57. The predicted octanol–water partition coefficient (Wildman–Crippen LogP) is 0.691. The van der Waals surface area contributed by atoms with Crippen LogP contribution in [0.15, 0.2) is 0 Å². The predicted molar refractivity (Wildman–Crippen MR) is 62.2 cm³/mol. The molecule has 0 aromatic rings. The molecule has 0 aromatic carbocycles. The maximum absolute atomic E-state index is 12.1. The van der Waals surface area contributed by atoms with Crippen LogP contribution in [0.4, 0.5) is 13.2 Å². The van der Waals surface area contributed by atoms with Gasteiger partial charge in [-0.2, -0.15) is 13.2 Å². The van der Waals surface area contributed by atoms with Gasteiger partial charge in [0.05, 0.1) is 0 Å². The molecule has 1 aliphatic rings. The lowest BCUT2D eigenvalue weighted by atomic mass is 10.1. The van der Waals surface area contributed by atoms with Crippen molar-refractivity contribution >= 4 is 5.91 Å². The van der Waals surface area contributed by atoms with Gasteiger partial charge in [0.25, 0.3) is 0 Å². The summed E-state index contributed by atoms with van der Waals surface area (Å²) in [6.45, 7) is 2.14. The van der Waals surface area contributed by atoms with E-state index >= 15 is 0 Å². The summed E-state index contributed by atoms with van der Waals surface area (Å²) in [7, 11) is 3.32. The standard InChI is InChI=1S/C11H20F3N3O/c1-16(2)10(18)9-8-15-5-7-17(9)6-3-4-11(12,13)14/h9,15H,3-8H2,1-2H3. The first-order chi connectivity index (χ1) is 8.31. The van der Waals surface area contributed by atoms with E-state index in [0.717, 1.165) is 0 Å². The van der Waals surface area contributed by atoms with Crippen LogP contribution in [0.1, 0.15) is 12.8 Å². The second-order valence-corrected chi connectivity index (χ2v) is 4.71. The molecule has 0 aromatic heterocycles. The highest BCUT2D eigenvalue weighted by atomic mass is 19.4. The highest BCUT2D eigenvalue weighted by molar-refractivity contribution is 5.81. The summed E-state index contributed by atoms with van der Waals surface area (Å²) < 4.78 is 36.3. The number of hydrogen-bond acceptors (Lipinski definition) is 3. The average Bonchev–Trinajstić information content (AvgIpc) is 2.27. The lowest BCUT2D eigenvalue weighted by Gasteiger charge is -2.36. The van der Waals surface area contributed by atoms with Crippen molar-refractivity contribution in [3.05, 3.63) is 0 Å². The van der Waals surface area contributed by atoms with Crippen molar-refractivity contribution in [1.29, 1.82) is 0 Å². The van der Waals surface area contributed by atoms with Gasteiger partial charge in [-0.05, 0) is 13.0 Å². The molecule has 106 valence electrons. The van der Waals surface area contributed by atoms with E-state index < -0.39 is 12.6 Å². The fourth-order valence-corrected chi connectivity index (χ4v) is 2.04. The van der Waals surface area contributed by atoms with Gasteiger partial charge in [-0.25, -0.2) is 0 Å². The molecule has 0 bridgehead atoms. The van der Waals surface area contributed by atoms with Crippen molar-refractivity contribution in [2.24, 2.45) is 0 Å². The maximum Gasteiger partial charge on any atom is 0.389 e. The summed E-state index contributed by atoms with van der Waals surface area (Å²) in [5.74, 6) is -0.0609. The number of piperazine rings is 1. The zero-order chi connectivity index (χ0) is 13.8. The van der Waals surface area contributed by atoms with Crippen LogP contribution in [-0.2, 0) is 4.79 Å². The molecule has 1 atom stereocenters. The Labute approximate surface area is 105 Å². The Bertz CT molecular complexity index is 281. The SMILES string of the molecule is CN(C)C(=O)C1CNCCN1CCCC(F)(F)F. The van der Waals surface area contributed by atoms with Crippen LogP contribution in [0.3, 0.4) is 0 Å². The molecule has 1 saturated heterocycles. The Kier molecular flexibility index (Phi) is 5.40. The molecule has 1 fully saturated rings. The van der Waals surface area contributed by atoms with Gasteiger partial charge in [0.1, 0.15) is 6.04 Å². The molecule has 0 spiro atoms. The molecule has 18 heavy (non-hydrogen) atoms. The van der Waals surface area contributed by atoms with Crippen LogP contribution in [0.25, 0.3) is 0 Å². The summed E-state index contributed by atoms with van der Waals surface area (Å²) in [5, 5.41) is 3.10. The Morgan fingerprint density at radius 2 is 2.11 bits per heavy atom. The number of hydrogen-bond donors (Lipinski definition) is 1. The van der Waals surface area contributed by atoms with Gasteiger partial charge in [0.2, 0.25) is 5.91 Å². The largest absolute Gasteiger partial charge is 0.389 e. The molecule has 1 N–H and O–H groups in total. The monoisotopic (exact) mass is 267 g/mol. The van der Waals surface area contributed by atoms with E-state index in [1.165, 1.54) is 4.90 Å². The normalized spacial score (nSPS) is 21.9. The zero-order valence-electron chi connectivity index (χ0n) is 10.8. The Morgan fingerprint density at radius 1 is 1.44 bits per heavy atom. The number of carbonyl (C=O) groups excluding carboxylic acids is 1. The van der Waals surface area contributed by atoms with Crippen molar-refractivity contribution in [3.63, 3.8) is 0 Å². The minimum absolute atomic E-state index is 0.0424. The van der Waals surface area contributed by atoms with E-state index in [1.54, 1.807) is 14.1 Å². The van der Waals surface area contributed by atoms with E-state index in [2.05, 4.69) is 5.32 Å². The third-order valence-electron chi connectivity index (χ3n) is 2.99. The van der Waals surface area contributed by atoms with Crippen LogP contribution in [0, 0.1) is 0 Å². The van der Waals surface area contributed by atoms with Gasteiger partial charge in [-0.3, -0.25) is 9.69 Å². The van der Waals surface area contributed by atoms with Crippen LogP contribution in [0.5, 0.6) is 0 Å². The number of rotatable bonds is 4. The number of nitrogens with zero attached hydrogens (tertiary/aromatic N) is 2. The number of likely N-dealkylation sites (N-methyl/N-ethyl adjacent to an activating group) is 1. The molecule has 0 saturated carbocycles. The zero-order valence-corrected chi connectivity index (χ0v) is 10.8. The quantitative estimate of drug-likeness (QED) is 0.814. The molecule has 0 aliphatic carbocycles. The highest BCUT2D eigenvalue weighted by Gasteiger charge is 2.31. The summed E-state index contributed by atoms with van der Waals surface area (Å²) in [4.78, 5) is 15.2. The summed E-state index contributed by atoms with van der Waals surface area (Å²) in [6.07, 6.45) is -4.87. The van der Waals surface area contributed by atoms with Crippen molar-refractivity contribution < 1.29 is 18.0 Å². The topological polar surface area (TPSA) is 35.6 Å². The van der Waals surface area contributed by atoms with E-state index in [4.69, 9.17) is 0 Å². The first-order valence-electron chi connectivity index (χ1n) is 6.04. The third kappa shape index (κ3) is 4.81. The Morgan fingerprint density at radius 3 is 2.67 bits per heavy atom. The van der Waals surface area contributed by atoms with Crippen LogP contribution >= 0.6 is 0 Å². The van der Waals surface area contributed by atoms with Gasteiger partial charge >= 0.3 is 6.18 Å². The number of halogens is 3. The molecular weight excluding hydrogens is 247 g/mol. The molecule has 7 heteroatoms. The van der Waals surface area contributed by atoms with Crippen LogP contribution < -0.4 is 5.32 Å². The number of alkyl halides is 3. The first kappa shape index (κ1) is 15.2. The van der Waals surface area contributed by atoms with Crippen molar-refractivity contribution in [2.75, 3.05) is 40.3 Å². The maximum atomic E-state index is 12.1. The minimum Gasteiger partial charge on any atom is -0.347 e. The van der Waals surface area contributed by atoms with Crippen LogP contribution in [0.2, 0.25) is 0 Å². The van der Waals surface area contributed by atoms with E-state index in [9.17, 15) is 18.0 Å². The fourth-order valence-electron chi connectivity index (χ4n) is 2.04. The summed E-state index contributed by atoms with van der Waals surface area (Å²) in [5.41, 5.74) is 0. The van der Waals surface area contributed by atoms with E-state index in [1.807, 2.05) is 4.90 Å². The summed E-state index contributed by atoms with van der Waals surface area (Å²) in [6, 6.07) is -0.345. The smallest absolute Gasteiger partial charge is 0.347 e. The van der Waals surface area contributed by atoms with Crippen molar-refractivity contribution in [3.8, 4) is 0 Å². The Balaban J connectivity index is 2.47. The molecule has 1 rings (SSSR count). The second-order valence-electron chi connectivity index (χ2n) is 4.71. The molecule has 1 unspecified atom stereocenters. The van der Waals surface area contributed by atoms with E-state index in [-0.39, 0.29) is 18.4 Å². The van der Waals surface area contributed by atoms with Gasteiger partial charge in [-0.1, -0.05) is 0 Å². The third-order valence-corrected chi connectivity index (χ3v) is 2.99. The van der Waals surface area contributed by atoms with Crippen molar-refractivity contribution in [1.82, 2.24) is 15.1 Å². The molecule has 1 heterocycles. The Hall–Kier alpha value is -0.820. The van der Waals surface area contributed by atoms with Gasteiger partial charge in [0.15, 0.2) is 0 Å². The van der Waals surface area contributed by atoms with Gasteiger partial charge in [0, 0.05) is 40.2 Å². The van der Waals surface area contributed by atoms with Gasteiger partial charge in [-0.15, -0.1) is 0 Å². The second kappa shape index (κ2) is 6.38. The number of nitrogens with one attached hydrogen (secondary N) is 1. The van der Waals surface area contributed by atoms with E-state index in [0.29, 0.717) is 26.2 Å². The highest BCUT2D eigenvalue weighted by Crippen LogP contribution is 2.21. The van der Waals surface area contributed by atoms with Crippen LogP contribution in [-0.4, -0.2) is 68.2 Å². The fraction of sp³-hybridized carbons (Fsp3) is 0.909. The number of amides is 1. The molecule has 1 aliphatic heterocycles. The van der Waals surface area contributed by atoms with Crippen molar-refractivity contribution in [2.45, 2.75) is 25.1 Å².